The van der Waals surface area contributed by atoms with Crippen LogP contribution in [0.1, 0.15) is 29.8 Å². The number of anilines is 3. The van der Waals surface area contributed by atoms with Gasteiger partial charge in [0.05, 0.1) is 0 Å². The Morgan fingerprint density at radius 3 is 2.60 bits per heavy atom. The molecule has 130 valence electrons. The number of benzene rings is 1. The summed E-state index contributed by atoms with van der Waals surface area (Å²) in [6.45, 7) is 6.29. The number of pyridine rings is 1. The third-order valence-corrected chi connectivity index (χ3v) is 4.28. The van der Waals surface area contributed by atoms with Crippen molar-refractivity contribution in [2.24, 2.45) is 0 Å². The fourth-order valence-corrected chi connectivity index (χ4v) is 2.96. The maximum absolute atomic E-state index is 12.0. The predicted molar refractivity (Wildman–Crippen MR) is 103 cm³/mol. The predicted octanol–water partition coefficient (Wildman–Crippen LogP) is 3.73. The third kappa shape index (κ3) is 4.59. The molecule has 1 aliphatic rings. The lowest BCUT2D eigenvalue weighted by Gasteiger charge is -2.28. The van der Waals surface area contributed by atoms with Crippen molar-refractivity contribution in [3.8, 4) is 0 Å². The lowest BCUT2D eigenvalue weighted by molar-refractivity contribution is 0.0953. The van der Waals surface area contributed by atoms with Crippen molar-refractivity contribution in [2.75, 3.05) is 29.9 Å². The molecule has 1 aromatic carbocycles. The number of carbonyl (C=O) groups excluding carboxylic acids is 1. The van der Waals surface area contributed by atoms with Crippen LogP contribution in [0.3, 0.4) is 0 Å². The van der Waals surface area contributed by atoms with Gasteiger partial charge in [-0.05, 0) is 55.7 Å². The zero-order valence-corrected chi connectivity index (χ0v) is 14.4. The number of hydrogen-bond donors (Lipinski definition) is 2. The van der Waals surface area contributed by atoms with E-state index in [4.69, 9.17) is 0 Å². The summed E-state index contributed by atoms with van der Waals surface area (Å²) in [6, 6.07) is 12.0. The Labute approximate surface area is 148 Å². The lowest BCUT2D eigenvalue weighted by atomic mass is 10.1. The van der Waals surface area contributed by atoms with Crippen LogP contribution in [0.4, 0.5) is 17.1 Å². The van der Waals surface area contributed by atoms with E-state index in [1.165, 1.54) is 24.9 Å². The first-order valence-corrected chi connectivity index (χ1v) is 8.73. The van der Waals surface area contributed by atoms with E-state index in [2.05, 4.69) is 51.4 Å². The van der Waals surface area contributed by atoms with Gasteiger partial charge in [0.1, 0.15) is 5.69 Å². The molecular formula is C20H24N4O. The van der Waals surface area contributed by atoms with Gasteiger partial charge in [-0.1, -0.05) is 6.08 Å². The van der Waals surface area contributed by atoms with Gasteiger partial charge in [0.2, 0.25) is 0 Å². The standard InChI is InChI=1S/C20H24N4O/c1-2-11-22-20(25)19-15-17(10-12-21-19)23-16-6-8-18(9-7-16)24-13-4-3-5-14-24/h2,6-10,12,15H,1,3-5,11,13-14H2,(H,21,23)(H,22,25). The number of piperidine rings is 1. The van der Waals surface area contributed by atoms with Crippen molar-refractivity contribution in [1.29, 1.82) is 0 Å². The Bertz CT molecular complexity index is 721. The summed E-state index contributed by atoms with van der Waals surface area (Å²) in [4.78, 5) is 18.5. The van der Waals surface area contributed by atoms with Gasteiger partial charge in [0, 0.05) is 42.9 Å². The molecule has 0 aliphatic carbocycles. The number of nitrogens with zero attached hydrogens (tertiary/aromatic N) is 2. The number of rotatable bonds is 6. The maximum atomic E-state index is 12.0. The molecule has 1 saturated heterocycles. The second-order valence-electron chi connectivity index (χ2n) is 6.15. The van der Waals surface area contributed by atoms with Crippen LogP contribution in [0.15, 0.2) is 55.3 Å². The fourth-order valence-electron chi connectivity index (χ4n) is 2.96. The summed E-state index contributed by atoms with van der Waals surface area (Å²) < 4.78 is 0. The molecule has 0 spiro atoms. The SMILES string of the molecule is C=CCNC(=O)c1cc(Nc2ccc(N3CCCCC3)cc2)ccn1. The largest absolute Gasteiger partial charge is 0.372 e. The van der Waals surface area contributed by atoms with Crippen LogP contribution in [-0.4, -0.2) is 30.5 Å². The fraction of sp³-hybridized carbons (Fsp3) is 0.300. The molecule has 1 fully saturated rings. The Hall–Kier alpha value is -2.82. The first kappa shape index (κ1) is 17.0. The van der Waals surface area contributed by atoms with E-state index in [0.29, 0.717) is 12.2 Å². The van der Waals surface area contributed by atoms with E-state index in [1.807, 2.05) is 6.07 Å². The van der Waals surface area contributed by atoms with Crippen molar-refractivity contribution in [1.82, 2.24) is 10.3 Å². The van der Waals surface area contributed by atoms with Gasteiger partial charge in [-0.15, -0.1) is 6.58 Å². The van der Waals surface area contributed by atoms with Crippen LogP contribution in [0.25, 0.3) is 0 Å². The molecule has 1 amide bonds. The number of carbonyl (C=O) groups is 1. The van der Waals surface area contributed by atoms with Crippen LogP contribution in [0.2, 0.25) is 0 Å². The van der Waals surface area contributed by atoms with Crippen LogP contribution in [-0.2, 0) is 0 Å². The minimum absolute atomic E-state index is 0.205. The highest BCUT2D eigenvalue weighted by Gasteiger charge is 2.11. The molecule has 2 aromatic rings. The molecule has 1 aliphatic heterocycles. The molecule has 0 radical (unpaired) electrons. The van der Waals surface area contributed by atoms with Gasteiger partial charge in [-0.3, -0.25) is 9.78 Å². The molecule has 5 nitrogen and oxygen atoms in total. The zero-order chi connectivity index (χ0) is 17.5. The Morgan fingerprint density at radius 2 is 1.88 bits per heavy atom. The molecule has 3 rings (SSSR count). The molecule has 0 atom stereocenters. The van der Waals surface area contributed by atoms with Gasteiger partial charge >= 0.3 is 0 Å². The molecule has 1 aromatic heterocycles. The minimum Gasteiger partial charge on any atom is -0.372 e. The van der Waals surface area contributed by atoms with Crippen LogP contribution in [0, 0.1) is 0 Å². The van der Waals surface area contributed by atoms with E-state index in [9.17, 15) is 4.79 Å². The average Bonchev–Trinajstić information content (AvgIpc) is 2.67. The second-order valence-corrected chi connectivity index (χ2v) is 6.15. The number of nitrogens with one attached hydrogen (secondary N) is 2. The molecule has 0 bridgehead atoms. The quantitative estimate of drug-likeness (QED) is 0.789. The molecule has 5 heteroatoms. The second kappa shape index (κ2) is 8.33. The Kier molecular flexibility index (Phi) is 5.67. The molecular weight excluding hydrogens is 312 g/mol. The first-order chi connectivity index (χ1) is 12.3. The van der Waals surface area contributed by atoms with E-state index in [0.717, 1.165) is 24.5 Å². The van der Waals surface area contributed by atoms with Gasteiger partial charge in [0.25, 0.3) is 5.91 Å². The number of aromatic nitrogens is 1. The van der Waals surface area contributed by atoms with Crippen LogP contribution in [0.5, 0.6) is 0 Å². The highest BCUT2D eigenvalue weighted by molar-refractivity contribution is 5.93. The Morgan fingerprint density at radius 1 is 1.12 bits per heavy atom. The minimum atomic E-state index is -0.205. The van der Waals surface area contributed by atoms with Crippen molar-refractivity contribution < 1.29 is 4.79 Å². The van der Waals surface area contributed by atoms with Crippen LogP contribution < -0.4 is 15.5 Å². The molecule has 2 N–H and O–H groups in total. The summed E-state index contributed by atoms with van der Waals surface area (Å²) in [7, 11) is 0. The molecule has 25 heavy (non-hydrogen) atoms. The number of amides is 1. The van der Waals surface area contributed by atoms with Crippen molar-refractivity contribution in [3.05, 3.63) is 60.9 Å². The highest BCUT2D eigenvalue weighted by atomic mass is 16.1. The smallest absolute Gasteiger partial charge is 0.270 e. The molecule has 0 unspecified atom stereocenters. The van der Waals surface area contributed by atoms with Crippen molar-refractivity contribution in [2.45, 2.75) is 19.3 Å². The normalized spacial score (nSPS) is 14.0. The van der Waals surface area contributed by atoms with Crippen LogP contribution >= 0.6 is 0 Å². The first-order valence-electron chi connectivity index (χ1n) is 8.73. The summed E-state index contributed by atoms with van der Waals surface area (Å²) in [6.07, 6.45) is 7.15. The monoisotopic (exact) mass is 336 g/mol. The third-order valence-electron chi connectivity index (χ3n) is 4.28. The van der Waals surface area contributed by atoms with Gasteiger partial charge in [-0.25, -0.2) is 0 Å². The van der Waals surface area contributed by atoms with Gasteiger partial charge in [0.15, 0.2) is 0 Å². The average molecular weight is 336 g/mol. The maximum Gasteiger partial charge on any atom is 0.270 e. The topological polar surface area (TPSA) is 57.3 Å². The van der Waals surface area contributed by atoms with Crippen molar-refractivity contribution >= 4 is 23.0 Å². The molecule has 2 heterocycles. The van der Waals surface area contributed by atoms with E-state index in [-0.39, 0.29) is 5.91 Å². The summed E-state index contributed by atoms with van der Waals surface area (Å²) >= 11 is 0. The summed E-state index contributed by atoms with van der Waals surface area (Å²) in [5, 5.41) is 6.06. The van der Waals surface area contributed by atoms with Crippen molar-refractivity contribution in [3.63, 3.8) is 0 Å². The Balaban J connectivity index is 1.65. The summed E-state index contributed by atoms with van der Waals surface area (Å²) in [5.74, 6) is -0.205. The van der Waals surface area contributed by atoms with Gasteiger partial charge in [-0.2, -0.15) is 0 Å². The van der Waals surface area contributed by atoms with E-state index >= 15 is 0 Å². The van der Waals surface area contributed by atoms with E-state index < -0.39 is 0 Å². The highest BCUT2D eigenvalue weighted by Crippen LogP contribution is 2.23. The summed E-state index contributed by atoms with van der Waals surface area (Å²) in [5.41, 5.74) is 3.48. The van der Waals surface area contributed by atoms with E-state index in [1.54, 1.807) is 18.3 Å². The number of hydrogen-bond acceptors (Lipinski definition) is 4. The molecule has 0 saturated carbocycles. The lowest BCUT2D eigenvalue weighted by Crippen LogP contribution is -2.29. The van der Waals surface area contributed by atoms with Gasteiger partial charge < -0.3 is 15.5 Å². The zero-order valence-electron chi connectivity index (χ0n) is 14.4.